The Morgan fingerprint density at radius 1 is 1.28 bits per heavy atom. The quantitative estimate of drug-likeness (QED) is 0.761. The lowest BCUT2D eigenvalue weighted by molar-refractivity contribution is -0.203. The molecule has 2 aromatic heterocycles. The van der Waals surface area contributed by atoms with E-state index in [0.717, 1.165) is 11.1 Å². The molecule has 1 aromatic carbocycles. The van der Waals surface area contributed by atoms with Crippen LogP contribution < -0.4 is 5.73 Å². The number of halogens is 3. The molecule has 1 unspecified atom stereocenters. The molecular formula is C17H17F3N4O. The highest BCUT2D eigenvalue weighted by atomic mass is 19.4. The molecule has 0 radical (unpaired) electrons. The molecule has 0 aliphatic carbocycles. The van der Waals surface area contributed by atoms with E-state index in [4.69, 9.17) is 5.73 Å². The smallest absolute Gasteiger partial charge is 0.383 e. The number of aliphatic hydroxyl groups is 1. The molecule has 0 aliphatic heterocycles. The minimum absolute atomic E-state index is 0.285. The number of nitrogens with two attached hydrogens (primary N) is 1. The van der Waals surface area contributed by atoms with Gasteiger partial charge in [-0.1, -0.05) is 12.1 Å². The Hall–Kier alpha value is -2.61. The largest absolute Gasteiger partial charge is 0.414 e. The zero-order valence-electron chi connectivity index (χ0n) is 13.7. The first-order chi connectivity index (χ1) is 11.7. The van der Waals surface area contributed by atoms with Gasteiger partial charge in [-0.05, 0) is 31.0 Å². The third-order valence-electron chi connectivity index (χ3n) is 4.02. The van der Waals surface area contributed by atoms with Crippen molar-refractivity contribution < 1.29 is 18.3 Å². The molecule has 0 saturated heterocycles. The van der Waals surface area contributed by atoms with Gasteiger partial charge < -0.3 is 10.8 Å². The summed E-state index contributed by atoms with van der Waals surface area (Å²) in [5, 5.41) is 9.31. The van der Waals surface area contributed by atoms with Crippen molar-refractivity contribution in [1.82, 2.24) is 14.4 Å². The summed E-state index contributed by atoms with van der Waals surface area (Å²) in [6.45, 7) is 3.65. The highest BCUT2D eigenvalue weighted by Crippen LogP contribution is 2.29. The number of aryl methyl sites for hydroxylation is 2. The second-order valence-corrected chi connectivity index (χ2v) is 6.02. The van der Waals surface area contributed by atoms with Crippen molar-refractivity contribution in [2.75, 3.05) is 5.73 Å². The monoisotopic (exact) mass is 350 g/mol. The summed E-state index contributed by atoms with van der Waals surface area (Å²) in [6.07, 6.45) is -4.17. The van der Waals surface area contributed by atoms with Gasteiger partial charge in [-0.25, -0.2) is 9.97 Å². The molecule has 0 aliphatic rings. The van der Waals surface area contributed by atoms with Crippen LogP contribution in [-0.2, 0) is 6.42 Å². The number of nitrogen functional groups attached to an aromatic ring is 1. The van der Waals surface area contributed by atoms with Crippen LogP contribution in [0.15, 0.2) is 30.6 Å². The zero-order valence-corrected chi connectivity index (χ0v) is 13.7. The molecule has 5 nitrogen and oxygen atoms in total. The number of aliphatic hydroxyl groups excluding tert-OH is 1. The molecule has 2 heterocycles. The summed E-state index contributed by atoms with van der Waals surface area (Å²) in [5.74, 6) is 0.285. The summed E-state index contributed by atoms with van der Waals surface area (Å²) in [4.78, 5) is 8.40. The third-order valence-corrected chi connectivity index (χ3v) is 4.02. The van der Waals surface area contributed by atoms with Crippen LogP contribution in [0.1, 0.15) is 16.8 Å². The second kappa shape index (κ2) is 6.03. The Morgan fingerprint density at radius 3 is 2.68 bits per heavy atom. The van der Waals surface area contributed by atoms with Crippen molar-refractivity contribution in [1.29, 1.82) is 0 Å². The molecule has 3 aromatic rings. The number of alkyl halides is 3. The minimum Gasteiger partial charge on any atom is -0.383 e. The summed E-state index contributed by atoms with van der Waals surface area (Å²) in [7, 11) is 0. The van der Waals surface area contributed by atoms with Crippen LogP contribution in [0, 0.1) is 13.8 Å². The normalized spacial score (nSPS) is 13.4. The van der Waals surface area contributed by atoms with E-state index in [1.54, 1.807) is 41.9 Å². The predicted molar refractivity (Wildman–Crippen MR) is 88.1 cm³/mol. The van der Waals surface area contributed by atoms with Gasteiger partial charge >= 0.3 is 6.18 Å². The molecule has 0 fully saturated rings. The molecule has 0 saturated carbocycles. The lowest BCUT2D eigenvalue weighted by Gasteiger charge is -2.15. The second-order valence-electron chi connectivity index (χ2n) is 6.02. The van der Waals surface area contributed by atoms with E-state index in [9.17, 15) is 18.3 Å². The fourth-order valence-electron chi connectivity index (χ4n) is 2.75. The summed E-state index contributed by atoms with van der Waals surface area (Å²) in [5.41, 5.74) is 9.76. The Bertz CT molecular complexity index is 934. The fourth-order valence-corrected chi connectivity index (χ4v) is 2.75. The first kappa shape index (κ1) is 17.2. The molecule has 0 spiro atoms. The fraction of sp³-hybridized carbons (Fsp3) is 0.294. The lowest BCUT2D eigenvalue weighted by Crippen LogP contribution is -2.30. The first-order valence-corrected chi connectivity index (χ1v) is 7.61. The third kappa shape index (κ3) is 3.30. The van der Waals surface area contributed by atoms with Crippen molar-refractivity contribution >= 4 is 11.5 Å². The van der Waals surface area contributed by atoms with E-state index < -0.39 is 18.7 Å². The Labute approximate surface area is 142 Å². The van der Waals surface area contributed by atoms with E-state index in [2.05, 4.69) is 9.97 Å². The molecule has 8 heteroatoms. The highest BCUT2D eigenvalue weighted by molar-refractivity contribution is 5.71. The number of fused-ring (bicyclic) bond motifs is 1. The number of imidazole rings is 1. The summed E-state index contributed by atoms with van der Waals surface area (Å²) in [6, 6.07) is 4.95. The van der Waals surface area contributed by atoms with Gasteiger partial charge in [-0.3, -0.25) is 4.40 Å². The van der Waals surface area contributed by atoms with Crippen molar-refractivity contribution in [3.05, 3.63) is 47.4 Å². The Balaban J connectivity index is 2.07. The molecule has 0 amide bonds. The van der Waals surface area contributed by atoms with Gasteiger partial charge in [0.2, 0.25) is 0 Å². The van der Waals surface area contributed by atoms with E-state index in [1.807, 2.05) is 6.92 Å². The summed E-state index contributed by atoms with van der Waals surface area (Å²) < 4.78 is 39.6. The maximum Gasteiger partial charge on any atom is 0.414 e. The topological polar surface area (TPSA) is 76.4 Å². The highest BCUT2D eigenvalue weighted by Gasteiger charge is 2.38. The van der Waals surface area contributed by atoms with Crippen molar-refractivity contribution in [2.45, 2.75) is 32.5 Å². The Kier molecular flexibility index (Phi) is 4.16. The van der Waals surface area contributed by atoms with Gasteiger partial charge in [0, 0.05) is 18.2 Å². The summed E-state index contributed by atoms with van der Waals surface area (Å²) >= 11 is 0. The number of benzene rings is 1. The number of rotatable bonds is 3. The van der Waals surface area contributed by atoms with Crippen LogP contribution >= 0.6 is 0 Å². The van der Waals surface area contributed by atoms with Gasteiger partial charge in [-0.15, -0.1) is 0 Å². The van der Waals surface area contributed by atoms with Crippen LogP contribution in [0.5, 0.6) is 0 Å². The van der Waals surface area contributed by atoms with Crippen LogP contribution in [0.25, 0.3) is 16.9 Å². The molecule has 1 atom stereocenters. The molecule has 3 rings (SSSR count). The van der Waals surface area contributed by atoms with E-state index in [1.165, 1.54) is 0 Å². The number of hydrogen-bond donors (Lipinski definition) is 2. The van der Waals surface area contributed by atoms with E-state index in [0.29, 0.717) is 22.6 Å². The van der Waals surface area contributed by atoms with Crippen molar-refractivity contribution in [2.24, 2.45) is 0 Å². The Morgan fingerprint density at radius 2 is 2.00 bits per heavy atom. The maximum absolute atomic E-state index is 12.6. The molecule has 0 bridgehead atoms. The minimum atomic E-state index is -4.65. The SMILES string of the molecule is Cc1cn2c(-c3cc(CC(O)C(F)(F)F)ccc3C)cnc2c(N)n1. The van der Waals surface area contributed by atoms with Crippen molar-refractivity contribution in [3.8, 4) is 11.3 Å². The number of hydrogen-bond acceptors (Lipinski definition) is 4. The number of anilines is 1. The standard InChI is InChI=1S/C17H17F3N4O/c1-9-3-4-11(6-14(25)17(18,19)20)5-12(9)13-7-22-16-15(21)23-10(2)8-24(13)16/h3-5,7-8,14,25H,6H2,1-2H3,(H2,21,23). The van der Waals surface area contributed by atoms with Gasteiger partial charge in [0.1, 0.15) is 0 Å². The first-order valence-electron chi connectivity index (χ1n) is 7.61. The zero-order chi connectivity index (χ0) is 18.4. The molecule has 3 N–H and O–H groups in total. The van der Waals surface area contributed by atoms with Crippen LogP contribution in [0.2, 0.25) is 0 Å². The van der Waals surface area contributed by atoms with E-state index >= 15 is 0 Å². The van der Waals surface area contributed by atoms with Gasteiger partial charge in [0.25, 0.3) is 0 Å². The molecule has 132 valence electrons. The van der Waals surface area contributed by atoms with Crippen LogP contribution in [0.4, 0.5) is 19.0 Å². The average molecular weight is 350 g/mol. The van der Waals surface area contributed by atoms with Crippen molar-refractivity contribution in [3.63, 3.8) is 0 Å². The number of nitrogens with zero attached hydrogens (tertiary/aromatic N) is 3. The maximum atomic E-state index is 12.6. The molecular weight excluding hydrogens is 333 g/mol. The average Bonchev–Trinajstić information content (AvgIpc) is 2.92. The molecule has 25 heavy (non-hydrogen) atoms. The lowest BCUT2D eigenvalue weighted by atomic mass is 9.99. The van der Waals surface area contributed by atoms with Gasteiger partial charge in [-0.2, -0.15) is 13.2 Å². The predicted octanol–water partition coefficient (Wildman–Crippen LogP) is 3.06. The van der Waals surface area contributed by atoms with E-state index in [-0.39, 0.29) is 5.82 Å². The number of aromatic nitrogens is 3. The van der Waals surface area contributed by atoms with Crippen LogP contribution in [-0.4, -0.2) is 31.8 Å². The van der Waals surface area contributed by atoms with Gasteiger partial charge in [0.15, 0.2) is 17.6 Å². The van der Waals surface area contributed by atoms with Crippen LogP contribution in [0.3, 0.4) is 0 Å². The van der Waals surface area contributed by atoms with Gasteiger partial charge in [0.05, 0.1) is 17.6 Å².